The fourth-order valence-corrected chi connectivity index (χ4v) is 3.41. The van der Waals surface area contributed by atoms with Gasteiger partial charge in [-0.15, -0.1) is 0 Å². The first-order valence-corrected chi connectivity index (χ1v) is 10.6. The maximum Gasteiger partial charge on any atom is 0.326 e. The van der Waals surface area contributed by atoms with E-state index in [4.69, 9.17) is 0 Å². The first-order valence-electron chi connectivity index (χ1n) is 10.6. The minimum absolute atomic E-state index is 0.253. The van der Waals surface area contributed by atoms with Gasteiger partial charge in [0.1, 0.15) is 18.1 Å². The second-order valence-corrected chi connectivity index (χ2v) is 8.20. The van der Waals surface area contributed by atoms with Crippen LogP contribution >= 0.6 is 0 Å². The number of carbonyl (C=O) groups excluding carboxylic acids is 3. The maximum atomic E-state index is 12.9. The van der Waals surface area contributed by atoms with Gasteiger partial charge < -0.3 is 26.4 Å². The van der Waals surface area contributed by atoms with Gasteiger partial charge in [-0.3, -0.25) is 14.4 Å². The van der Waals surface area contributed by atoms with Crippen molar-refractivity contribution in [3.63, 3.8) is 0 Å². The van der Waals surface area contributed by atoms with Crippen LogP contribution in [0.15, 0.2) is 30.3 Å². The van der Waals surface area contributed by atoms with E-state index in [-0.39, 0.29) is 24.3 Å². The predicted octanol–water partition coefficient (Wildman–Crippen LogP) is 0.196. The summed E-state index contributed by atoms with van der Waals surface area (Å²) >= 11 is 0. The molecule has 1 aromatic carbocycles. The van der Waals surface area contributed by atoms with Crippen molar-refractivity contribution < 1.29 is 24.3 Å². The van der Waals surface area contributed by atoms with Crippen LogP contribution in [0.5, 0.6) is 0 Å². The summed E-state index contributed by atoms with van der Waals surface area (Å²) in [5, 5.41) is 20.2. The van der Waals surface area contributed by atoms with Crippen LogP contribution in [0, 0.1) is 5.92 Å². The molecule has 1 fully saturated rings. The molecule has 4 unspecified atom stereocenters. The number of rotatable bonds is 10. The average Bonchev–Trinajstić information content (AvgIpc) is 3.26. The fourth-order valence-electron chi connectivity index (χ4n) is 3.41. The number of aliphatic carboxylic acids is 1. The molecule has 9 heteroatoms. The number of amides is 3. The van der Waals surface area contributed by atoms with E-state index in [1.807, 2.05) is 30.3 Å². The van der Waals surface area contributed by atoms with E-state index >= 15 is 0 Å². The number of hydrogen-bond donors (Lipinski definition) is 5. The number of nitrogens with one attached hydrogen (secondary N) is 4. The van der Waals surface area contributed by atoms with E-state index in [0.717, 1.165) is 18.5 Å². The van der Waals surface area contributed by atoms with Gasteiger partial charge in [0.25, 0.3) is 0 Å². The van der Waals surface area contributed by atoms with Gasteiger partial charge in [0.2, 0.25) is 17.7 Å². The van der Waals surface area contributed by atoms with Crippen LogP contribution in [0.3, 0.4) is 0 Å². The standard InChI is InChI=1S/C22H32N4O5/c1-13(2)18(22(30)31)26-19(27)14(3)24-21(29)17(12-15-8-5-4-6-9-15)25-20(28)16-10-7-11-23-16/h4-6,8-9,13-14,16-18,23H,7,10-12H2,1-3H3,(H,24,29)(H,25,28)(H,26,27)(H,30,31). The van der Waals surface area contributed by atoms with Crippen LogP contribution in [-0.4, -0.2) is 59.5 Å². The monoisotopic (exact) mass is 432 g/mol. The van der Waals surface area contributed by atoms with E-state index in [9.17, 15) is 24.3 Å². The fraction of sp³-hybridized carbons (Fsp3) is 0.545. The minimum Gasteiger partial charge on any atom is -0.480 e. The molecule has 1 aliphatic heterocycles. The number of carbonyl (C=O) groups is 4. The topological polar surface area (TPSA) is 137 Å². The molecular weight excluding hydrogens is 400 g/mol. The molecule has 1 aliphatic rings. The average molecular weight is 433 g/mol. The third kappa shape index (κ3) is 7.36. The lowest BCUT2D eigenvalue weighted by Crippen LogP contribution is -2.57. The quantitative estimate of drug-likeness (QED) is 0.358. The van der Waals surface area contributed by atoms with Crippen LogP contribution in [-0.2, 0) is 25.6 Å². The zero-order chi connectivity index (χ0) is 23.0. The van der Waals surface area contributed by atoms with Crippen molar-refractivity contribution in [2.24, 2.45) is 5.92 Å². The molecule has 0 bridgehead atoms. The summed E-state index contributed by atoms with van der Waals surface area (Å²) in [7, 11) is 0. The molecule has 3 amide bonds. The first kappa shape index (κ1) is 24.3. The number of hydrogen-bond acceptors (Lipinski definition) is 5. The van der Waals surface area contributed by atoms with Crippen molar-refractivity contribution in [1.82, 2.24) is 21.3 Å². The molecule has 0 aliphatic carbocycles. The number of benzene rings is 1. The molecule has 1 heterocycles. The first-order chi connectivity index (χ1) is 14.7. The summed E-state index contributed by atoms with van der Waals surface area (Å²) in [6, 6.07) is 6.04. The highest BCUT2D eigenvalue weighted by Gasteiger charge is 2.30. The highest BCUT2D eigenvalue weighted by molar-refractivity contribution is 5.94. The predicted molar refractivity (Wildman–Crippen MR) is 115 cm³/mol. The lowest BCUT2D eigenvalue weighted by Gasteiger charge is -2.24. The molecule has 1 aromatic rings. The highest BCUT2D eigenvalue weighted by Crippen LogP contribution is 2.08. The Balaban J connectivity index is 2.05. The van der Waals surface area contributed by atoms with Crippen molar-refractivity contribution in [2.75, 3.05) is 6.54 Å². The Bertz CT molecular complexity index is 777. The van der Waals surface area contributed by atoms with Gasteiger partial charge in [-0.1, -0.05) is 44.2 Å². The molecule has 0 aromatic heterocycles. The molecule has 1 saturated heterocycles. The van der Waals surface area contributed by atoms with Gasteiger partial charge in [-0.2, -0.15) is 0 Å². The van der Waals surface area contributed by atoms with Crippen LogP contribution in [0.25, 0.3) is 0 Å². The van der Waals surface area contributed by atoms with E-state index in [1.54, 1.807) is 13.8 Å². The Hall–Kier alpha value is -2.94. The van der Waals surface area contributed by atoms with E-state index in [0.29, 0.717) is 6.42 Å². The molecule has 31 heavy (non-hydrogen) atoms. The lowest BCUT2D eigenvalue weighted by atomic mass is 10.0. The maximum absolute atomic E-state index is 12.9. The Labute approximate surface area is 182 Å². The third-order valence-corrected chi connectivity index (χ3v) is 5.27. The summed E-state index contributed by atoms with van der Waals surface area (Å²) in [6.45, 7) is 5.60. The smallest absolute Gasteiger partial charge is 0.326 e. The summed E-state index contributed by atoms with van der Waals surface area (Å²) in [6.07, 6.45) is 1.87. The molecule has 9 nitrogen and oxygen atoms in total. The second-order valence-electron chi connectivity index (χ2n) is 8.20. The Morgan fingerprint density at radius 1 is 1.03 bits per heavy atom. The third-order valence-electron chi connectivity index (χ3n) is 5.27. The van der Waals surface area contributed by atoms with Gasteiger partial charge >= 0.3 is 5.97 Å². The van der Waals surface area contributed by atoms with E-state index in [2.05, 4.69) is 21.3 Å². The number of carboxylic acid groups (broad SMARTS) is 1. The molecule has 0 radical (unpaired) electrons. The molecule has 5 N–H and O–H groups in total. The van der Waals surface area contributed by atoms with Crippen LogP contribution in [0.2, 0.25) is 0 Å². The van der Waals surface area contributed by atoms with Crippen LogP contribution < -0.4 is 21.3 Å². The summed E-state index contributed by atoms with van der Waals surface area (Å²) in [4.78, 5) is 49.2. The van der Waals surface area contributed by atoms with E-state index < -0.39 is 35.9 Å². The minimum atomic E-state index is -1.14. The Morgan fingerprint density at radius 2 is 1.71 bits per heavy atom. The lowest BCUT2D eigenvalue weighted by molar-refractivity contribution is -0.143. The SMILES string of the molecule is CC(NC(=O)C(Cc1ccccc1)NC(=O)C1CCCN1)C(=O)NC(C(=O)O)C(C)C. The Kier molecular flexibility index (Phi) is 8.99. The molecule has 0 spiro atoms. The molecule has 170 valence electrons. The normalized spacial score (nSPS) is 18.6. The molecule has 0 saturated carbocycles. The highest BCUT2D eigenvalue weighted by atomic mass is 16.4. The summed E-state index contributed by atoms with van der Waals surface area (Å²) in [5.74, 6) is -2.81. The summed E-state index contributed by atoms with van der Waals surface area (Å²) < 4.78 is 0. The van der Waals surface area contributed by atoms with Crippen molar-refractivity contribution >= 4 is 23.7 Å². The van der Waals surface area contributed by atoms with Gasteiger partial charge in [-0.05, 0) is 37.8 Å². The van der Waals surface area contributed by atoms with Crippen molar-refractivity contribution in [2.45, 2.75) is 64.2 Å². The Morgan fingerprint density at radius 3 is 2.26 bits per heavy atom. The zero-order valence-corrected chi connectivity index (χ0v) is 18.2. The van der Waals surface area contributed by atoms with Gasteiger partial charge in [0.05, 0.1) is 6.04 Å². The largest absolute Gasteiger partial charge is 0.480 e. The van der Waals surface area contributed by atoms with Gasteiger partial charge in [0, 0.05) is 6.42 Å². The molecular formula is C22H32N4O5. The van der Waals surface area contributed by atoms with Gasteiger partial charge in [0.15, 0.2) is 0 Å². The van der Waals surface area contributed by atoms with E-state index in [1.165, 1.54) is 6.92 Å². The van der Waals surface area contributed by atoms with Gasteiger partial charge in [-0.25, -0.2) is 4.79 Å². The van der Waals surface area contributed by atoms with Crippen LogP contribution in [0.4, 0.5) is 0 Å². The molecule has 2 rings (SSSR count). The zero-order valence-electron chi connectivity index (χ0n) is 18.2. The van der Waals surface area contributed by atoms with Crippen LogP contribution in [0.1, 0.15) is 39.2 Å². The second kappa shape index (κ2) is 11.5. The van der Waals surface area contributed by atoms with Crippen molar-refractivity contribution in [1.29, 1.82) is 0 Å². The van der Waals surface area contributed by atoms with Crippen molar-refractivity contribution in [3.05, 3.63) is 35.9 Å². The summed E-state index contributed by atoms with van der Waals surface area (Å²) in [5.41, 5.74) is 0.866. The van der Waals surface area contributed by atoms with Crippen molar-refractivity contribution in [3.8, 4) is 0 Å². The molecule has 4 atom stereocenters. The number of carboxylic acids is 1.